The van der Waals surface area contributed by atoms with Crippen LogP contribution < -0.4 is 0 Å². The van der Waals surface area contributed by atoms with Crippen molar-refractivity contribution < 1.29 is 0 Å². The predicted molar refractivity (Wildman–Crippen MR) is 131 cm³/mol. The third kappa shape index (κ3) is 4.95. The first-order valence-electron chi connectivity index (χ1n) is 12.5. The van der Waals surface area contributed by atoms with Gasteiger partial charge < -0.3 is 0 Å². The van der Waals surface area contributed by atoms with Gasteiger partial charge >= 0.3 is 0 Å². The highest BCUT2D eigenvalue weighted by atomic mass is 14.4. The van der Waals surface area contributed by atoms with E-state index in [1.54, 1.807) is 16.7 Å². The third-order valence-corrected chi connectivity index (χ3v) is 8.14. The molecule has 3 aromatic rings. The molecule has 3 atom stereocenters. The molecule has 1 fully saturated rings. The normalized spacial score (nSPS) is 22.2. The summed E-state index contributed by atoms with van der Waals surface area (Å²) in [6.07, 6.45) is 12.2. The zero-order valence-electron chi connectivity index (χ0n) is 18.8. The van der Waals surface area contributed by atoms with E-state index in [0.29, 0.717) is 5.92 Å². The number of fused-ring (bicyclic) bond motifs is 1. The van der Waals surface area contributed by atoms with Crippen LogP contribution in [0, 0.1) is 17.8 Å². The van der Waals surface area contributed by atoms with Gasteiger partial charge in [0.25, 0.3) is 0 Å². The maximum Gasteiger partial charge on any atom is -0.0127 e. The molecule has 0 aliphatic heterocycles. The standard InChI is InChI=1S/C31H36/c1-3-11-24(12-4-1)21-27-16-8-7-13-25(27)19-20-31(26-14-5-2-6-15-26)30-22-28-17-9-10-18-29(28)23-30/h1-6,9-12,14-15,17-18,25,27,30-31H,7-8,13,16,19-23H2/t25-,27?,31?/m0/s1. The van der Waals surface area contributed by atoms with Crippen molar-refractivity contribution in [2.45, 2.75) is 63.7 Å². The van der Waals surface area contributed by atoms with Gasteiger partial charge in [0.05, 0.1) is 0 Å². The first kappa shape index (κ1) is 20.6. The average molecular weight is 409 g/mol. The minimum atomic E-state index is 0.688. The summed E-state index contributed by atoms with van der Waals surface area (Å²) in [4.78, 5) is 0. The van der Waals surface area contributed by atoms with Crippen LogP contribution >= 0.6 is 0 Å². The molecular formula is C31H36. The molecule has 2 aliphatic rings. The van der Waals surface area contributed by atoms with E-state index in [4.69, 9.17) is 0 Å². The van der Waals surface area contributed by atoms with Crippen LogP contribution in [0.15, 0.2) is 84.9 Å². The fraction of sp³-hybridized carbons (Fsp3) is 0.419. The van der Waals surface area contributed by atoms with E-state index in [2.05, 4.69) is 84.9 Å². The van der Waals surface area contributed by atoms with E-state index >= 15 is 0 Å². The molecular weight excluding hydrogens is 372 g/mol. The zero-order valence-corrected chi connectivity index (χ0v) is 18.8. The van der Waals surface area contributed by atoms with E-state index < -0.39 is 0 Å². The first-order valence-corrected chi connectivity index (χ1v) is 12.5. The molecule has 31 heavy (non-hydrogen) atoms. The maximum atomic E-state index is 2.38. The monoisotopic (exact) mass is 408 g/mol. The Morgan fingerprint density at radius 1 is 0.645 bits per heavy atom. The van der Waals surface area contributed by atoms with Crippen molar-refractivity contribution >= 4 is 0 Å². The van der Waals surface area contributed by atoms with Crippen molar-refractivity contribution in [3.63, 3.8) is 0 Å². The molecule has 0 amide bonds. The van der Waals surface area contributed by atoms with Gasteiger partial charge in [-0.1, -0.05) is 104 Å². The minimum Gasteiger partial charge on any atom is -0.0622 e. The van der Waals surface area contributed by atoms with E-state index in [-0.39, 0.29) is 0 Å². The smallest absolute Gasteiger partial charge is 0.0127 e. The molecule has 160 valence electrons. The Kier molecular flexibility index (Phi) is 6.54. The van der Waals surface area contributed by atoms with E-state index in [1.807, 2.05) is 0 Å². The fourth-order valence-corrected chi connectivity index (χ4v) is 6.50. The molecule has 0 bridgehead atoms. The molecule has 2 aliphatic carbocycles. The molecule has 0 N–H and O–H groups in total. The largest absolute Gasteiger partial charge is 0.0622 e. The van der Waals surface area contributed by atoms with Crippen molar-refractivity contribution in [3.05, 3.63) is 107 Å². The summed E-state index contributed by atoms with van der Waals surface area (Å²) in [5, 5.41) is 0. The summed E-state index contributed by atoms with van der Waals surface area (Å²) >= 11 is 0. The highest BCUT2D eigenvalue weighted by Crippen LogP contribution is 2.42. The lowest BCUT2D eigenvalue weighted by Crippen LogP contribution is -2.23. The highest BCUT2D eigenvalue weighted by Gasteiger charge is 2.32. The first-order chi connectivity index (χ1) is 15.4. The molecule has 0 spiro atoms. The second kappa shape index (κ2) is 9.86. The second-order valence-electron chi connectivity index (χ2n) is 10.0. The second-order valence-corrected chi connectivity index (χ2v) is 10.0. The lowest BCUT2D eigenvalue weighted by Gasteiger charge is -2.34. The van der Waals surface area contributed by atoms with Gasteiger partial charge in [-0.15, -0.1) is 0 Å². The van der Waals surface area contributed by atoms with Gasteiger partial charge in [0.15, 0.2) is 0 Å². The third-order valence-electron chi connectivity index (χ3n) is 8.14. The molecule has 2 unspecified atom stereocenters. The quantitative estimate of drug-likeness (QED) is 0.371. The number of hydrogen-bond donors (Lipinski definition) is 0. The Balaban J connectivity index is 1.30. The predicted octanol–water partition coefficient (Wildman–Crippen LogP) is 8.01. The van der Waals surface area contributed by atoms with Crippen molar-refractivity contribution in [2.75, 3.05) is 0 Å². The SMILES string of the molecule is c1ccc(CC2CCCC[C@H]2CCC(c2ccccc2)C2Cc3ccccc3C2)cc1. The maximum absolute atomic E-state index is 2.38. The molecule has 0 aromatic heterocycles. The van der Waals surface area contributed by atoms with Gasteiger partial charge in [0, 0.05) is 0 Å². The zero-order chi connectivity index (χ0) is 20.9. The Labute approximate surface area is 188 Å². The molecule has 0 heterocycles. The summed E-state index contributed by atoms with van der Waals surface area (Å²) in [5.41, 5.74) is 6.28. The molecule has 0 nitrogen and oxygen atoms in total. The fourth-order valence-electron chi connectivity index (χ4n) is 6.50. The number of hydrogen-bond acceptors (Lipinski definition) is 0. The van der Waals surface area contributed by atoms with E-state index in [1.165, 1.54) is 63.4 Å². The Morgan fingerprint density at radius 2 is 1.23 bits per heavy atom. The molecule has 1 saturated carbocycles. The molecule has 0 radical (unpaired) electrons. The number of benzene rings is 3. The van der Waals surface area contributed by atoms with Crippen LogP contribution in [0.2, 0.25) is 0 Å². The van der Waals surface area contributed by atoms with Crippen LogP contribution in [-0.2, 0) is 19.3 Å². The summed E-state index contributed by atoms with van der Waals surface area (Å²) in [7, 11) is 0. The summed E-state index contributed by atoms with van der Waals surface area (Å²) in [6, 6.07) is 31.8. The molecule has 0 saturated heterocycles. The van der Waals surface area contributed by atoms with Crippen LogP contribution in [0.25, 0.3) is 0 Å². The van der Waals surface area contributed by atoms with Crippen molar-refractivity contribution in [2.24, 2.45) is 17.8 Å². The van der Waals surface area contributed by atoms with Gasteiger partial charge in [0.2, 0.25) is 0 Å². The number of rotatable bonds is 7. The average Bonchev–Trinajstić information content (AvgIpc) is 3.25. The van der Waals surface area contributed by atoms with E-state index in [0.717, 1.165) is 17.8 Å². The van der Waals surface area contributed by atoms with Gasteiger partial charge in [0.1, 0.15) is 0 Å². The summed E-state index contributed by atoms with van der Waals surface area (Å²) in [6.45, 7) is 0. The molecule has 3 aromatic carbocycles. The topological polar surface area (TPSA) is 0 Å². The van der Waals surface area contributed by atoms with Crippen molar-refractivity contribution in [1.82, 2.24) is 0 Å². The summed E-state index contributed by atoms with van der Waals surface area (Å²) in [5.74, 6) is 3.21. The minimum absolute atomic E-state index is 0.688. The highest BCUT2D eigenvalue weighted by molar-refractivity contribution is 5.34. The molecule has 0 heteroatoms. The Hall–Kier alpha value is -2.34. The van der Waals surface area contributed by atoms with Gasteiger partial charge in [-0.25, -0.2) is 0 Å². The van der Waals surface area contributed by atoms with Crippen molar-refractivity contribution in [3.8, 4) is 0 Å². The molecule has 5 rings (SSSR count). The van der Waals surface area contributed by atoms with Gasteiger partial charge in [-0.2, -0.15) is 0 Å². The van der Waals surface area contributed by atoms with Gasteiger partial charge in [-0.05, 0) is 84.5 Å². The van der Waals surface area contributed by atoms with E-state index in [9.17, 15) is 0 Å². The summed E-state index contributed by atoms with van der Waals surface area (Å²) < 4.78 is 0. The lowest BCUT2D eigenvalue weighted by atomic mass is 9.71. The van der Waals surface area contributed by atoms with Crippen LogP contribution in [0.4, 0.5) is 0 Å². The van der Waals surface area contributed by atoms with Crippen LogP contribution in [0.1, 0.15) is 66.7 Å². The Bertz CT molecular complexity index is 917. The Morgan fingerprint density at radius 3 is 1.90 bits per heavy atom. The van der Waals surface area contributed by atoms with Crippen LogP contribution in [-0.4, -0.2) is 0 Å². The van der Waals surface area contributed by atoms with Crippen molar-refractivity contribution in [1.29, 1.82) is 0 Å². The van der Waals surface area contributed by atoms with Crippen LogP contribution in [0.3, 0.4) is 0 Å². The lowest BCUT2D eigenvalue weighted by molar-refractivity contribution is 0.208. The van der Waals surface area contributed by atoms with Gasteiger partial charge in [-0.3, -0.25) is 0 Å². The van der Waals surface area contributed by atoms with Crippen LogP contribution in [0.5, 0.6) is 0 Å².